The third-order valence-corrected chi connectivity index (χ3v) is 4.09. The zero-order valence-corrected chi connectivity index (χ0v) is 11.9. The van der Waals surface area contributed by atoms with E-state index >= 15 is 0 Å². The first kappa shape index (κ1) is 14.9. The highest BCUT2D eigenvalue weighted by molar-refractivity contribution is 7.95. The number of nitroso groups, excluding NO2 is 1. The van der Waals surface area contributed by atoms with Crippen molar-refractivity contribution in [1.29, 1.82) is 0 Å². The molecule has 2 heterocycles. The minimum Gasteiger partial charge on any atom is -0.355 e. The van der Waals surface area contributed by atoms with Crippen molar-refractivity contribution in [3.05, 3.63) is 26.9 Å². The van der Waals surface area contributed by atoms with Gasteiger partial charge in [-0.15, -0.1) is 4.91 Å². The number of ether oxygens (including phenoxy) is 1. The van der Waals surface area contributed by atoms with Crippen LogP contribution < -0.4 is 0 Å². The Kier molecular flexibility index (Phi) is 4.68. The molecule has 0 spiro atoms. The van der Waals surface area contributed by atoms with E-state index in [4.69, 9.17) is 4.74 Å². The van der Waals surface area contributed by atoms with E-state index in [1.54, 1.807) is 11.4 Å². The van der Waals surface area contributed by atoms with Crippen LogP contribution in [0.2, 0.25) is 0 Å². The van der Waals surface area contributed by atoms with Gasteiger partial charge in [-0.05, 0) is 19.8 Å². The lowest BCUT2D eigenvalue weighted by molar-refractivity contribution is -0.386. The van der Waals surface area contributed by atoms with Crippen molar-refractivity contribution in [1.82, 2.24) is 14.1 Å². The topological polar surface area (TPSA) is 103 Å². The molecule has 0 aliphatic carbocycles. The number of aryl methyl sites for hydroxylation is 1. The van der Waals surface area contributed by atoms with Gasteiger partial charge >= 0.3 is 5.69 Å². The summed E-state index contributed by atoms with van der Waals surface area (Å²) in [7, 11) is 1.65. The van der Waals surface area contributed by atoms with Gasteiger partial charge in [0.25, 0.3) is 0 Å². The quantitative estimate of drug-likeness (QED) is 0.363. The van der Waals surface area contributed by atoms with Crippen molar-refractivity contribution >= 4 is 17.8 Å². The van der Waals surface area contributed by atoms with Crippen LogP contribution in [0, 0.1) is 15.0 Å². The van der Waals surface area contributed by atoms with Crippen LogP contribution in [0.3, 0.4) is 0 Å². The number of aromatic nitrogens is 2. The Morgan fingerprint density at radius 2 is 2.35 bits per heavy atom. The highest BCUT2D eigenvalue weighted by Crippen LogP contribution is 2.34. The van der Waals surface area contributed by atoms with Gasteiger partial charge in [-0.1, -0.05) is 0 Å². The molecule has 10 heteroatoms. The van der Waals surface area contributed by atoms with Gasteiger partial charge in [0.05, 0.1) is 4.92 Å². The Hall–Kier alpha value is -1.52. The van der Waals surface area contributed by atoms with E-state index in [1.807, 2.05) is 6.92 Å². The van der Waals surface area contributed by atoms with Crippen molar-refractivity contribution in [2.75, 3.05) is 6.73 Å². The maximum Gasteiger partial charge on any atom is 0.312 e. The molecule has 1 aliphatic heterocycles. The lowest BCUT2D eigenvalue weighted by Gasteiger charge is -2.20. The fourth-order valence-corrected chi connectivity index (χ4v) is 2.68. The molecule has 2 atom stereocenters. The molecule has 1 saturated heterocycles. The van der Waals surface area contributed by atoms with E-state index in [0.717, 1.165) is 18.6 Å². The molecule has 2 unspecified atom stereocenters. The zero-order chi connectivity index (χ0) is 14.7. The number of nitrogens with zero attached hydrogens (tertiary/aromatic N) is 5. The van der Waals surface area contributed by atoms with E-state index in [9.17, 15) is 15.0 Å². The van der Waals surface area contributed by atoms with Gasteiger partial charge < -0.3 is 4.74 Å². The maximum atomic E-state index is 11.0. The molecule has 1 aliphatic rings. The molecule has 1 aromatic rings. The predicted molar refractivity (Wildman–Crippen MR) is 72.5 cm³/mol. The van der Waals surface area contributed by atoms with Gasteiger partial charge in [0, 0.05) is 17.7 Å². The average Bonchev–Trinajstić information content (AvgIpc) is 2.70. The maximum absolute atomic E-state index is 11.0. The number of nitro groups is 1. The molecule has 0 aromatic carbocycles. The molecule has 0 bridgehead atoms. The lowest BCUT2D eigenvalue weighted by atomic mass is 10.1. The smallest absolute Gasteiger partial charge is 0.312 e. The Bertz CT molecular complexity index is 508. The molecular weight excluding hydrogens is 286 g/mol. The summed E-state index contributed by atoms with van der Waals surface area (Å²) in [6.45, 7) is 2.14. The Morgan fingerprint density at radius 3 is 3.00 bits per heavy atom. The first-order valence-corrected chi connectivity index (χ1v) is 6.82. The number of rotatable bonds is 4. The minimum absolute atomic E-state index is 0.0419. The van der Waals surface area contributed by atoms with Gasteiger partial charge in [-0.2, -0.15) is 5.10 Å². The van der Waals surface area contributed by atoms with Crippen LogP contribution in [-0.4, -0.2) is 31.8 Å². The van der Waals surface area contributed by atoms with E-state index in [0.29, 0.717) is 12.1 Å². The molecule has 20 heavy (non-hydrogen) atoms. The summed E-state index contributed by atoms with van der Waals surface area (Å²) in [5, 5.41) is 14.9. The first-order valence-electron chi connectivity index (χ1n) is 6.09. The summed E-state index contributed by atoms with van der Waals surface area (Å²) < 4.78 is 11.7. The molecule has 110 valence electrons. The van der Waals surface area contributed by atoms with E-state index in [1.165, 1.54) is 10.9 Å². The highest BCUT2D eigenvalue weighted by Gasteiger charge is 2.32. The van der Waals surface area contributed by atoms with Crippen molar-refractivity contribution in [3.8, 4) is 0 Å². The van der Waals surface area contributed by atoms with Gasteiger partial charge in [0.1, 0.15) is 36.9 Å². The summed E-state index contributed by atoms with van der Waals surface area (Å²) in [6.07, 6.45) is 2.18. The van der Waals surface area contributed by atoms with Crippen LogP contribution >= 0.6 is 12.1 Å². The third-order valence-electron chi connectivity index (χ3n) is 3.35. The highest BCUT2D eigenvalue weighted by atomic mass is 32.2. The van der Waals surface area contributed by atoms with Crippen LogP contribution in [0.15, 0.2) is 10.8 Å². The largest absolute Gasteiger partial charge is 0.355 e. The summed E-state index contributed by atoms with van der Waals surface area (Å²) >= 11 is 0.809. The second-order valence-electron chi connectivity index (χ2n) is 4.58. The normalized spacial score (nSPS) is 24.3. The molecule has 0 amide bonds. The van der Waals surface area contributed by atoms with Gasteiger partial charge in [-0.3, -0.25) is 14.8 Å². The van der Waals surface area contributed by atoms with Crippen molar-refractivity contribution in [3.63, 3.8) is 0 Å². The third kappa shape index (κ3) is 2.97. The van der Waals surface area contributed by atoms with Crippen LogP contribution in [0.5, 0.6) is 0 Å². The molecule has 0 N–H and O–H groups in total. The Morgan fingerprint density at radius 1 is 1.60 bits per heavy atom. The molecular formula is C10H15N5O4S. The van der Waals surface area contributed by atoms with Crippen LogP contribution in [0.4, 0.5) is 5.69 Å². The van der Waals surface area contributed by atoms with E-state index in [2.05, 4.69) is 9.68 Å². The van der Waals surface area contributed by atoms with Gasteiger partial charge in [0.15, 0.2) is 0 Å². The fourth-order valence-electron chi connectivity index (χ4n) is 2.22. The fraction of sp³-hybridized carbons (Fsp3) is 0.700. The predicted octanol–water partition coefficient (Wildman–Crippen LogP) is 2.16. The Labute approximate surface area is 119 Å². The summed E-state index contributed by atoms with van der Waals surface area (Å²) in [5.41, 5.74) is 0.410. The van der Waals surface area contributed by atoms with Crippen LogP contribution in [0.1, 0.15) is 31.6 Å². The molecule has 0 saturated carbocycles. The molecule has 9 nitrogen and oxygen atoms in total. The zero-order valence-electron chi connectivity index (χ0n) is 11.1. The second-order valence-corrected chi connectivity index (χ2v) is 5.36. The number of hydrogen-bond donors (Lipinski definition) is 0. The van der Waals surface area contributed by atoms with Crippen LogP contribution in [0.25, 0.3) is 0 Å². The second kappa shape index (κ2) is 6.29. The van der Waals surface area contributed by atoms with Crippen molar-refractivity contribution in [2.45, 2.75) is 31.9 Å². The van der Waals surface area contributed by atoms with E-state index < -0.39 is 11.0 Å². The number of hydrogen-bond acceptors (Lipinski definition) is 8. The van der Waals surface area contributed by atoms with Crippen molar-refractivity contribution in [2.24, 2.45) is 11.6 Å². The first-order chi connectivity index (χ1) is 9.54. The van der Waals surface area contributed by atoms with Gasteiger partial charge in [0.2, 0.25) is 0 Å². The summed E-state index contributed by atoms with van der Waals surface area (Å²) in [5.74, 6) is 0. The monoisotopic (exact) mass is 301 g/mol. The van der Waals surface area contributed by atoms with Gasteiger partial charge in [-0.25, -0.2) is 4.31 Å². The van der Waals surface area contributed by atoms with Crippen molar-refractivity contribution < 1.29 is 9.66 Å². The summed E-state index contributed by atoms with van der Waals surface area (Å²) in [4.78, 5) is 20.9. The lowest BCUT2D eigenvalue weighted by Crippen LogP contribution is -2.25. The average molecular weight is 301 g/mol. The Balaban J connectivity index is 2.20. The van der Waals surface area contributed by atoms with Crippen LogP contribution in [-0.2, 0) is 11.8 Å². The standard InChI is InChI=1S/C10H15N5O4S/c1-7-3-4-9(19-6-14(7)20-12-16)10-8(15(17)18)5-11-13(10)2/h5,7,9H,3-4,6H2,1-2H3. The minimum atomic E-state index is -0.459. The SMILES string of the molecule is CC1CCC(c2c([N+](=O)[O-])cnn2C)OCN1SN=O. The molecule has 0 radical (unpaired) electrons. The molecule has 2 rings (SSSR count). The summed E-state index contributed by atoms with van der Waals surface area (Å²) in [6, 6.07) is 0.106. The molecule has 1 fully saturated rings. The van der Waals surface area contributed by atoms with E-state index in [-0.39, 0.29) is 18.5 Å². The molecule has 1 aromatic heterocycles.